The fraction of sp³-hybridized carbons (Fsp3) is 0.913. The average molecular weight is 466 g/mol. The van der Waals surface area contributed by atoms with Crippen molar-refractivity contribution in [3.8, 4) is 0 Å². The van der Waals surface area contributed by atoms with Crippen LogP contribution >= 0.6 is 0 Å². The molecule has 5 atom stereocenters. The Hall–Kier alpha value is -1.30. The maximum absolute atomic E-state index is 12.1. The standard InChI is InChI=1S/C23H43N7O3/c31-19(8-5-9-20-27-21(30-33-20)16-10-14-24-15-11-16)25-12-3-4-13-26-22-17-6-1-2-7-18(17)23(32)29-28-22/h16-18,20-22,24,26-28,30H,1-15H2,(H,25,31)(H,29,32). The Morgan fingerprint density at radius 1 is 1.03 bits per heavy atom. The summed E-state index contributed by atoms with van der Waals surface area (Å²) in [6.45, 7) is 3.73. The summed E-state index contributed by atoms with van der Waals surface area (Å²) in [6.07, 6.45) is 11.3. The quantitative estimate of drug-likeness (QED) is 0.216. The molecule has 0 aromatic heterocycles. The van der Waals surface area contributed by atoms with Crippen LogP contribution in [0.2, 0.25) is 0 Å². The Kier molecular flexibility index (Phi) is 9.75. The van der Waals surface area contributed by atoms with Crippen molar-refractivity contribution in [1.82, 2.24) is 37.6 Å². The molecule has 4 aliphatic rings. The molecule has 1 aliphatic carbocycles. The smallest absolute Gasteiger partial charge is 0.237 e. The second-order valence-electron chi connectivity index (χ2n) is 10.0. The lowest BCUT2D eigenvalue weighted by Crippen LogP contribution is -2.64. The molecule has 5 unspecified atom stereocenters. The molecule has 1 saturated carbocycles. The van der Waals surface area contributed by atoms with Crippen LogP contribution in [-0.4, -0.2) is 56.6 Å². The van der Waals surface area contributed by atoms with Crippen molar-refractivity contribution in [2.24, 2.45) is 17.8 Å². The van der Waals surface area contributed by atoms with Gasteiger partial charge in [-0.15, -0.1) is 0 Å². The highest BCUT2D eigenvalue weighted by Crippen LogP contribution is 2.33. The Morgan fingerprint density at radius 2 is 1.85 bits per heavy atom. The van der Waals surface area contributed by atoms with Crippen LogP contribution in [0.1, 0.15) is 70.6 Å². The highest BCUT2D eigenvalue weighted by Gasteiger charge is 2.39. The molecule has 4 rings (SSSR count). The molecule has 188 valence electrons. The summed E-state index contributed by atoms with van der Waals surface area (Å²) < 4.78 is 0. The second-order valence-corrected chi connectivity index (χ2v) is 10.0. The molecule has 2 amide bonds. The van der Waals surface area contributed by atoms with Crippen LogP contribution in [-0.2, 0) is 14.4 Å². The van der Waals surface area contributed by atoms with Crippen LogP contribution in [0, 0.1) is 17.8 Å². The molecule has 0 aromatic carbocycles. The highest BCUT2D eigenvalue weighted by atomic mass is 16.7. The molecule has 10 nitrogen and oxygen atoms in total. The van der Waals surface area contributed by atoms with Gasteiger partial charge in [-0.2, -0.15) is 5.48 Å². The molecular formula is C23H43N7O3. The molecular weight excluding hydrogens is 422 g/mol. The monoisotopic (exact) mass is 465 g/mol. The molecule has 0 spiro atoms. The zero-order valence-electron chi connectivity index (χ0n) is 19.8. The van der Waals surface area contributed by atoms with E-state index >= 15 is 0 Å². The largest absolute Gasteiger partial charge is 0.356 e. The van der Waals surface area contributed by atoms with Gasteiger partial charge in [-0.25, -0.2) is 5.43 Å². The fourth-order valence-corrected chi connectivity index (χ4v) is 5.68. The van der Waals surface area contributed by atoms with E-state index in [1.165, 1.54) is 6.42 Å². The normalized spacial score (nSPS) is 32.8. The van der Waals surface area contributed by atoms with Crippen LogP contribution in [0.15, 0.2) is 0 Å². The summed E-state index contributed by atoms with van der Waals surface area (Å²) in [4.78, 5) is 29.8. The molecule has 3 aliphatic heterocycles. The van der Waals surface area contributed by atoms with Crippen molar-refractivity contribution in [3.63, 3.8) is 0 Å². The first-order chi connectivity index (χ1) is 16.2. The summed E-state index contributed by atoms with van der Waals surface area (Å²) in [6, 6.07) is 0. The zero-order chi connectivity index (χ0) is 22.9. The van der Waals surface area contributed by atoms with Gasteiger partial charge in [0, 0.05) is 24.8 Å². The van der Waals surface area contributed by atoms with Gasteiger partial charge in [0.25, 0.3) is 0 Å². The number of carbonyl (C=O) groups is 2. The maximum Gasteiger partial charge on any atom is 0.237 e. The number of unbranched alkanes of at least 4 members (excludes halogenated alkanes) is 1. The summed E-state index contributed by atoms with van der Waals surface area (Å²) in [5.41, 5.74) is 9.11. The van der Waals surface area contributed by atoms with Crippen molar-refractivity contribution in [1.29, 1.82) is 0 Å². The lowest BCUT2D eigenvalue weighted by atomic mass is 9.76. The fourth-order valence-electron chi connectivity index (χ4n) is 5.68. The van der Waals surface area contributed by atoms with Gasteiger partial charge in [0.05, 0.1) is 12.3 Å². The molecule has 10 heteroatoms. The van der Waals surface area contributed by atoms with Gasteiger partial charge in [-0.1, -0.05) is 12.8 Å². The minimum Gasteiger partial charge on any atom is -0.356 e. The molecule has 4 fully saturated rings. The Labute approximate surface area is 197 Å². The van der Waals surface area contributed by atoms with Crippen LogP contribution in [0.3, 0.4) is 0 Å². The minimum absolute atomic E-state index is 0.00861. The molecule has 33 heavy (non-hydrogen) atoms. The number of fused-ring (bicyclic) bond motifs is 1. The number of hydrogen-bond donors (Lipinski definition) is 7. The third kappa shape index (κ3) is 7.34. The molecule has 0 aromatic rings. The van der Waals surface area contributed by atoms with E-state index in [-0.39, 0.29) is 36.3 Å². The molecule has 0 bridgehead atoms. The minimum atomic E-state index is -0.00861. The first kappa shape index (κ1) is 24.8. The van der Waals surface area contributed by atoms with Gasteiger partial charge in [0.2, 0.25) is 11.8 Å². The summed E-state index contributed by atoms with van der Waals surface area (Å²) >= 11 is 0. The summed E-state index contributed by atoms with van der Waals surface area (Å²) in [5, 5.41) is 13.5. The summed E-state index contributed by atoms with van der Waals surface area (Å²) in [5.74, 6) is 1.40. The van der Waals surface area contributed by atoms with Crippen LogP contribution < -0.4 is 37.6 Å². The third-order valence-corrected chi connectivity index (χ3v) is 7.65. The second kappa shape index (κ2) is 13.0. The van der Waals surface area contributed by atoms with E-state index in [2.05, 4.69) is 37.6 Å². The molecule has 0 radical (unpaired) electrons. The van der Waals surface area contributed by atoms with E-state index in [1.54, 1.807) is 0 Å². The Morgan fingerprint density at radius 3 is 2.73 bits per heavy atom. The van der Waals surface area contributed by atoms with Crippen LogP contribution in [0.5, 0.6) is 0 Å². The van der Waals surface area contributed by atoms with E-state index in [1.807, 2.05) is 0 Å². The predicted molar refractivity (Wildman–Crippen MR) is 125 cm³/mol. The SMILES string of the molecule is O=C(CCCC1NC(C2CCNCC2)NO1)NCCCCNC1NNC(=O)C2CCCCC12. The zero-order valence-corrected chi connectivity index (χ0v) is 19.8. The van der Waals surface area contributed by atoms with Crippen molar-refractivity contribution in [3.05, 3.63) is 0 Å². The van der Waals surface area contributed by atoms with Gasteiger partial charge in [0.1, 0.15) is 6.23 Å². The third-order valence-electron chi connectivity index (χ3n) is 7.65. The van der Waals surface area contributed by atoms with Gasteiger partial charge in [0.15, 0.2) is 0 Å². The van der Waals surface area contributed by atoms with Gasteiger partial charge in [-0.3, -0.25) is 25.2 Å². The number of nitrogens with one attached hydrogen (secondary N) is 7. The lowest BCUT2D eigenvalue weighted by molar-refractivity contribution is -0.134. The molecule has 7 N–H and O–H groups in total. The number of hydrazine groups is 1. The van der Waals surface area contributed by atoms with E-state index in [4.69, 9.17) is 4.84 Å². The van der Waals surface area contributed by atoms with Crippen LogP contribution in [0.4, 0.5) is 0 Å². The number of rotatable bonds is 11. The maximum atomic E-state index is 12.1. The first-order valence-electron chi connectivity index (χ1n) is 13.1. The number of hydrogen-bond acceptors (Lipinski definition) is 8. The number of carbonyl (C=O) groups excluding carboxylic acids is 2. The van der Waals surface area contributed by atoms with E-state index in [9.17, 15) is 9.59 Å². The van der Waals surface area contributed by atoms with Crippen LogP contribution in [0.25, 0.3) is 0 Å². The van der Waals surface area contributed by atoms with Gasteiger partial charge >= 0.3 is 0 Å². The van der Waals surface area contributed by atoms with E-state index in [0.29, 0.717) is 24.8 Å². The van der Waals surface area contributed by atoms with Crippen molar-refractivity contribution in [2.75, 3.05) is 26.2 Å². The van der Waals surface area contributed by atoms with Crippen molar-refractivity contribution >= 4 is 11.8 Å². The number of hydroxylamine groups is 1. The van der Waals surface area contributed by atoms with E-state index < -0.39 is 0 Å². The van der Waals surface area contributed by atoms with E-state index in [0.717, 1.165) is 77.4 Å². The Balaban J connectivity index is 0.998. The van der Waals surface area contributed by atoms with Crippen molar-refractivity contribution in [2.45, 2.75) is 89.2 Å². The number of piperidine rings is 1. The lowest BCUT2D eigenvalue weighted by Gasteiger charge is -2.41. The first-order valence-corrected chi connectivity index (χ1v) is 13.1. The number of amides is 2. The van der Waals surface area contributed by atoms with Crippen molar-refractivity contribution < 1.29 is 14.4 Å². The van der Waals surface area contributed by atoms with Gasteiger partial charge in [-0.05, 0) is 76.9 Å². The highest BCUT2D eigenvalue weighted by molar-refractivity contribution is 5.79. The Bertz CT molecular complexity index is 631. The van der Waals surface area contributed by atoms with Gasteiger partial charge < -0.3 is 16.0 Å². The topological polar surface area (TPSA) is 128 Å². The molecule has 3 saturated heterocycles. The molecule has 3 heterocycles. The predicted octanol–water partition coefficient (Wildman–Crippen LogP) is 0.186. The average Bonchev–Trinajstić information content (AvgIpc) is 3.32. The summed E-state index contributed by atoms with van der Waals surface area (Å²) in [7, 11) is 0.